The average molecular weight is 345 g/mol. The number of hydrogen-bond donors (Lipinski definition) is 0. The SMILES string of the molecule is BrCCCCOc1ccc2c(-c3ccccc3)coc2c1. The van der Waals surface area contributed by atoms with Crippen molar-refractivity contribution in [3.8, 4) is 16.9 Å². The first-order chi connectivity index (χ1) is 10.4. The zero-order chi connectivity index (χ0) is 14.5. The smallest absolute Gasteiger partial charge is 0.138 e. The predicted octanol–water partition coefficient (Wildman–Crippen LogP) is 5.65. The van der Waals surface area contributed by atoms with Crippen molar-refractivity contribution in [3.63, 3.8) is 0 Å². The van der Waals surface area contributed by atoms with E-state index in [9.17, 15) is 0 Å². The van der Waals surface area contributed by atoms with E-state index in [0.29, 0.717) is 0 Å². The van der Waals surface area contributed by atoms with Gasteiger partial charge in [0.25, 0.3) is 0 Å². The van der Waals surface area contributed by atoms with E-state index in [4.69, 9.17) is 9.15 Å². The van der Waals surface area contributed by atoms with E-state index in [1.165, 1.54) is 5.56 Å². The van der Waals surface area contributed by atoms with Crippen LogP contribution in [0.2, 0.25) is 0 Å². The van der Waals surface area contributed by atoms with Crippen LogP contribution in [0.15, 0.2) is 59.2 Å². The Labute approximate surface area is 132 Å². The fourth-order valence-corrected chi connectivity index (χ4v) is 2.72. The zero-order valence-electron chi connectivity index (χ0n) is 11.7. The molecule has 0 aliphatic carbocycles. The Morgan fingerprint density at radius 2 is 1.86 bits per heavy atom. The van der Waals surface area contributed by atoms with Crippen molar-refractivity contribution in [2.24, 2.45) is 0 Å². The zero-order valence-corrected chi connectivity index (χ0v) is 13.3. The molecule has 0 atom stereocenters. The third-order valence-corrected chi connectivity index (χ3v) is 3.99. The molecule has 2 aromatic carbocycles. The summed E-state index contributed by atoms with van der Waals surface area (Å²) in [4.78, 5) is 0. The summed E-state index contributed by atoms with van der Waals surface area (Å²) in [6.45, 7) is 0.739. The molecule has 0 amide bonds. The Hall–Kier alpha value is -1.74. The highest BCUT2D eigenvalue weighted by Crippen LogP contribution is 2.32. The maximum Gasteiger partial charge on any atom is 0.138 e. The normalized spacial score (nSPS) is 10.9. The van der Waals surface area contributed by atoms with Gasteiger partial charge < -0.3 is 9.15 Å². The Morgan fingerprint density at radius 1 is 1.00 bits per heavy atom. The molecule has 0 unspecified atom stereocenters. The highest BCUT2D eigenvalue weighted by molar-refractivity contribution is 9.09. The van der Waals surface area contributed by atoms with Gasteiger partial charge in [-0.1, -0.05) is 46.3 Å². The number of fused-ring (bicyclic) bond motifs is 1. The van der Waals surface area contributed by atoms with E-state index >= 15 is 0 Å². The molecule has 0 aliphatic rings. The van der Waals surface area contributed by atoms with Crippen molar-refractivity contribution in [2.45, 2.75) is 12.8 Å². The first-order valence-corrected chi connectivity index (χ1v) is 8.26. The fraction of sp³-hybridized carbons (Fsp3) is 0.222. The van der Waals surface area contributed by atoms with Crippen LogP contribution in [0.3, 0.4) is 0 Å². The van der Waals surface area contributed by atoms with Crippen LogP contribution in [0.1, 0.15) is 12.8 Å². The lowest BCUT2D eigenvalue weighted by atomic mass is 10.1. The molecule has 108 valence electrons. The molecule has 0 saturated carbocycles. The molecule has 3 heteroatoms. The Bertz CT molecular complexity index is 704. The van der Waals surface area contributed by atoms with Crippen molar-refractivity contribution < 1.29 is 9.15 Å². The van der Waals surface area contributed by atoms with Crippen molar-refractivity contribution in [3.05, 3.63) is 54.8 Å². The molecule has 0 saturated heterocycles. The number of benzene rings is 2. The number of rotatable bonds is 6. The first-order valence-electron chi connectivity index (χ1n) is 7.14. The van der Waals surface area contributed by atoms with Gasteiger partial charge in [-0.2, -0.15) is 0 Å². The van der Waals surface area contributed by atoms with Crippen molar-refractivity contribution in [2.75, 3.05) is 11.9 Å². The summed E-state index contributed by atoms with van der Waals surface area (Å²) < 4.78 is 11.4. The topological polar surface area (TPSA) is 22.4 Å². The molecule has 3 rings (SSSR count). The van der Waals surface area contributed by atoms with E-state index in [0.717, 1.165) is 47.1 Å². The van der Waals surface area contributed by atoms with Gasteiger partial charge in [-0.25, -0.2) is 0 Å². The average Bonchev–Trinajstić information content (AvgIpc) is 2.95. The molecule has 21 heavy (non-hydrogen) atoms. The number of unbranched alkanes of at least 4 members (excludes halogenated alkanes) is 1. The van der Waals surface area contributed by atoms with Gasteiger partial charge in [0.2, 0.25) is 0 Å². The van der Waals surface area contributed by atoms with Crippen molar-refractivity contribution >= 4 is 26.9 Å². The molecule has 0 radical (unpaired) electrons. The van der Waals surface area contributed by atoms with Gasteiger partial charge in [-0.15, -0.1) is 0 Å². The number of furan rings is 1. The third kappa shape index (κ3) is 3.30. The number of ether oxygens (including phenoxy) is 1. The van der Waals surface area contributed by atoms with Gasteiger partial charge in [-0.05, 0) is 30.5 Å². The van der Waals surface area contributed by atoms with E-state index < -0.39 is 0 Å². The van der Waals surface area contributed by atoms with Gasteiger partial charge in [0, 0.05) is 22.3 Å². The standard InChI is InChI=1S/C18H17BrO2/c19-10-4-5-11-20-15-8-9-16-17(13-21-18(16)12-15)14-6-2-1-3-7-14/h1-3,6-9,12-13H,4-5,10-11H2. The molecular formula is C18H17BrO2. The maximum atomic E-state index is 5.75. The second-order valence-electron chi connectivity index (χ2n) is 4.92. The minimum Gasteiger partial charge on any atom is -0.493 e. The van der Waals surface area contributed by atoms with Crippen LogP contribution in [0, 0.1) is 0 Å². The molecule has 0 fully saturated rings. The van der Waals surface area contributed by atoms with E-state index in [2.05, 4.69) is 34.1 Å². The molecule has 2 nitrogen and oxygen atoms in total. The van der Waals surface area contributed by atoms with Crippen LogP contribution >= 0.6 is 15.9 Å². The van der Waals surface area contributed by atoms with Crippen LogP contribution in [0.25, 0.3) is 22.1 Å². The van der Waals surface area contributed by atoms with Crippen LogP contribution in [-0.4, -0.2) is 11.9 Å². The third-order valence-electron chi connectivity index (χ3n) is 3.43. The lowest BCUT2D eigenvalue weighted by Crippen LogP contribution is -1.97. The predicted molar refractivity (Wildman–Crippen MR) is 90.2 cm³/mol. The lowest BCUT2D eigenvalue weighted by Gasteiger charge is -2.05. The van der Waals surface area contributed by atoms with E-state index in [1.54, 1.807) is 0 Å². The second-order valence-corrected chi connectivity index (χ2v) is 5.71. The van der Waals surface area contributed by atoms with E-state index in [1.807, 2.05) is 36.6 Å². The van der Waals surface area contributed by atoms with Crippen LogP contribution in [0.4, 0.5) is 0 Å². The highest BCUT2D eigenvalue weighted by atomic mass is 79.9. The quantitative estimate of drug-likeness (QED) is 0.425. The summed E-state index contributed by atoms with van der Waals surface area (Å²) in [5.41, 5.74) is 3.16. The van der Waals surface area contributed by atoms with Gasteiger partial charge in [0.05, 0.1) is 12.9 Å². The van der Waals surface area contributed by atoms with Crippen LogP contribution < -0.4 is 4.74 Å². The minimum absolute atomic E-state index is 0.739. The molecular weight excluding hydrogens is 328 g/mol. The van der Waals surface area contributed by atoms with Gasteiger partial charge >= 0.3 is 0 Å². The van der Waals surface area contributed by atoms with Crippen molar-refractivity contribution in [1.82, 2.24) is 0 Å². The Balaban J connectivity index is 1.81. The summed E-state index contributed by atoms with van der Waals surface area (Å²) in [5.74, 6) is 0.867. The summed E-state index contributed by atoms with van der Waals surface area (Å²) in [6.07, 6.45) is 3.99. The van der Waals surface area contributed by atoms with Gasteiger partial charge in [0.1, 0.15) is 11.3 Å². The monoisotopic (exact) mass is 344 g/mol. The molecule has 1 heterocycles. The first kappa shape index (κ1) is 14.2. The summed E-state index contributed by atoms with van der Waals surface area (Å²) in [5, 5.41) is 2.14. The Morgan fingerprint density at radius 3 is 2.67 bits per heavy atom. The Kier molecular flexibility index (Phi) is 4.61. The summed E-state index contributed by atoms with van der Waals surface area (Å²) in [6, 6.07) is 16.3. The molecule has 0 bridgehead atoms. The number of hydrogen-bond acceptors (Lipinski definition) is 2. The highest BCUT2D eigenvalue weighted by Gasteiger charge is 2.08. The molecule has 0 N–H and O–H groups in total. The largest absolute Gasteiger partial charge is 0.493 e. The van der Waals surface area contributed by atoms with Crippen LogP contribution in [0.5, 0.6) is 5.75 Å². The molecule has 0 aliphatic heterocycles. The summed E-state index contributed by atoms with van der Waals surface area (Å²) in [7, 11) is 0. The molecule has 3 aromatic rings. The van der Waals surface area contributed by atoms with E-state index in [-0.39, 0.29) is 0 Å². The second kappa shape index (κ2) is 6.81. The lowest BCUT2D eigenvalue weighted by molar-refractivity contribution is 0.310. The van der Waals surface area contributed by atoms with Gasteiger partial charge in [-0.3, -0.25) is 0 Å². The molecule has 1 aromatic heterocycles. The summed E-state index contributed by atoms with van der Waals surface area (Å²) >= 11 is 3.42. The number of halogens is 1. The minimum atomic E-state index is 0.739. The fourth-order valence-electron chi connectivity index (χ4n) is 2.33. The van der Waals surface area contributed by atoms with Gasteiger partial charge in [0.15, 0.2) is 0 Å². The number of alkyl halides is 1. The van der Waals surface area contributed by atoms with Crippen molar-refractivity contribution in [1.29, 1.82) is 0 Å². The molecule has 0 spiro atoms. The maximum absolute atomic E-state index is 5.75. The van der Waals surface area contributed by atoms with Crippen LogP contribution in [-0.2, 0) is 0 Å².